The summed E-state index contributed by atoms with van der Waals surface area (Å²) in [6.07, 6.45) is 5.66. The van der Waals surface area contributed by atoms with Gasteiger partial charge < -0.3 is 11.1 Å². The summed E-state index contributed by atoms with van der Waals surface area (Å²) in [7, 11) is 0. The van der Waals surface area contributed by atoms with E-state index in [-0.39, 0.29) is 5.91 Å². The van der Waals surface area contributed by atoms with Gasteiger partial charge in [-0.3, -0.25) is 4.79 Å². The standard InChI is InChI=1S/C10H15BrN4O/c1-2-3-4-7(12)10(16)15-9-6-13-8(11)5-14-9/h5-7H,2-4,12H2,1H3,(H,14,15,16)/t7-/m0/s1. The number of carbonyl (C=O) groups is 1. The molecule has 5 nitrogen and oxygen atoms in total. The average molecular weight is 287 g/mol. The first-order chi connectivity index (χ1) is 7.63. The summed E-state index contributed by atoms with van der Waals surface area (Å²) < 4.78 is 0.626. The molecular weight excluding hydrogens is 272 g/mol. The minimum atomic E-state index is -0.481. The Kier molecular flexibility index (Phi) is 5.34. The van der Waals surface area contributed by atoms with Gasteiger partial charge in [-0.2, -0.15) is 0 Å². The Bertz CT molecular complexity index is 341. The van der Waals surface area contributed by atoms with Crippen molar-refractivity contribution in [1.82, 2.24) is 9.97 Å². The molecule has 0 aliphatic heterocycles. The molecule has 88 valence electrons. The zero-order chi connectivity index (χ0) is 12.0. The number of nitrogens with two attached hydrogens (primary N) is 1. The molecule has 1 aromatic heterocycles. The molecule has 0 aromatic carbocycles. The van der Waals surface area contributed by atoms with E-state index in [1.807, 2.05) is 0 Å². The van der Waals surface area contributed by atoms with Crippen LogP contribution in [0.15, 0.2) is 17.0 Å². The van der Waals surface area contributed by atoms with Crippen LogP contribution >= 0.6 is 15.9 Å². The van der Waals surface area contributed by atoms with Crippen molar-refractivity contribution in [2.75, 3.05) is 5.32 Å². The van der Waals surface area contributed by atoms with Gasteiger partial charge in [0.15, 0.2) is 5.82 Å². The fourth-order valence-corrected chi connectivity index (χ4v) is 1.36. The van der Waals surface area contributed by atoms with Crippen molar-refractivity contribution in [3.63, 3.8) is 0 Å². The van der Waals surface area contributed by atoms with Crippen LogP contribution in [0.5, 0.6) is 0 Å². The van der Waals surface area contributed by atoms with Gasteiger partial charge in [0, 0.05) is 0 Å². The van der Waals surface area contributed by atoms with Crippen LogP contribution in [0.4, 0.5) is 5.82 Å². The number of aromatic nitrogens is 2. The summed E-state index contributed by atoms with van der Waals surface area (Å²) in [5.41, 5.74) is 5.71. The number of nitrogens with zero attached hydrogens (tertiary/aromatic N) is 2. The summed E-state index contributed by atoms with van der Waals surface area (Å²) in [5, 5.41) is 2.62. The van der Waals surface area contributed by atoms with Crippen molar-refractivity contribution in [3.8, 4) is 0 Å². The molecule has 0 saturated carbocycles. The highest BCUT2D eigenvalue weighted by Crippen LogP contribution is 2.07. The highest BCUT2D eigenvalue weighted by molar-refractivity contribution is 9.10. The van der Waals surface area contributed by atoms with Crippen molar-refractivity contribution >= 4 is 27.7 Å². The number of nitrogens with one attached hydrogen (secondary N) is 1. The Hall–Kier alpha value is -1.01. The van der Waals surface area contributed by atoms with Gasteiger partial charge in [-0.1, -0.05) is 19.8 Å². The molecular formula is C10H15BrN4O. The monoisotopic (exact) mass is 286 g/mol. The fraction of sp³-hybridized carbons (Fsp3) is 0.500. The lowest BCUT2D eigenvalue weighted by Gasteiger charge is -2.10. The second-order valence-corrected chi connectivity index (χ2v) is 4.27. The van der Waals surface area contributed by atoms with E-state index in [1.165, 1.54) is 12.4 Å². The van der Waals surface area contributed by atoms with Gasteiger partial charge in [-0.25, -0.2) is 9.97 Å². The van der Waals surface area contributed by atoms with E-state index in [9.17, 15) is 4.79 Å². The molecule has 16 heavy (non-hydrogen) atoms. The number of hydrogen-bond donors (Lipinski definition) is 2. The summed E-state index contributed by atoms with van der Waals surface area (Å²) in [5.74, 6) is 0.199. The normalized spacial score (nSPS) is 12.2. The predicted molar refractivity (Wildman–Crippen MR) is 65.9 cm³/mol. The lowest BCUT2D eigenvalue weighted by molar-refractivity contribution is -0.117. The Morgan fingerprint density at radius 3 is 2.88 bits per heavy atom. The molecule has 0 aliphatic carbocycles. The SMILES string of the molecule is CCCC[C@H](N)C(=O)Nc1cnc(Br)cn1. The van der Waals surface area contributed by atoms with Gasteiger partial charge in [-0.05, 0) is 22.4 Å². The maximum absolute atomic E-state index is 11.6. The summed E-state index contributed by atoms with van der Waals surface area (Å²) >= 11 is 3.16. The molecule has 0 fully saturated rings. The number of amides is 1. The van der Waals surface area contributed by atoms with Crippen molar-refractivity contribution in [2.45, 2.75) is 32.2 Å². The van der Waals surface area contributed by atoms with Crippen molar-refractivity contribution in [1.29, 1.82) is 0 Å². The molecule has 3 N–H and O–H groups in total. The first-order valence-corrected chi connectivity index (χ1v) is 5.96. The van der Waals surface area contributed by atoms with E-state index in [1.54, 1.807) is 0 Å². The van der Waals surface area contributed by atoms with Gasteiger partial charge in [0.05, 0.1) is 18.4 Å². The molecule has 1 atom stereocenters. The molecule has 0 unspecified atom stereocenters. The smallest absolute Gasteiger partial charge is 0.242 e. The molecule has 0 bridgehead atoms. The lowest BCUT2D eigenvalue weighted by Crippen LogP contribution is -2.35. The second kappa shape index (κ2) is 6.55. The molecule has 0 aliphatic rings. The number of unbranched alkanes of at least 4 members (excludes halogenated alkanes) is 1. The number of hydrogen-bond acceptors (Lipinski definition) is 4. The van der Waals surface area contributed by atoms with E-state index in [0.717, 1.165) is 12.8 Å². The van der Waals surface area contributed by atoms with Gasteiger partial charge in [0.1, 0.15) is 4.60 Å². The summed E-state index contributed by atoms with van der Waals surface area (Å²) in [6, 6.07) is -0.481. The molecule has 6 heteroatoms. The minimum absolute atomic E-state index is 0.218. The van der Waals surface area contributed by atoms with Crippen LogP contribution in [-0.4, -0.2) is 21.9 Å². The van der Waals surface area contributed by atoms with Crippen LogP contribution in [0.2, 0.25) is 0 Å². The number of halogens is 1. The number of anilines is 1. The molecule has 1 amide bonds. The van der Waals surface area contributed by atoms with Crippen LogP contribution in [-0.2, 0) is 4.79 Å². The summed E-state index contributed by atoms with van der Waals surface area (Å²) in [4.78, 5) is 19.5. The maximum atomic E-state index is 11.6. The van der Waals surface area contributed by atoms with Crippen LogP contribution in [0.1, 0.15) is 26.2 Å². The largest absolute Gasteiger partial charge is 0.320 e. The number of carbonyl (C=O) groups excluding carboxylic acids is 1. The van der Waals surface area contributed by atoms with E-state index in [0.29, 0.717) is 16.8 Å². The highest BCUT2D eigenvalue weighted by atomic mass is 79.9. The highest BCUT2D eigenvalue weighted by Gasteiger charge is 2.13. The van der Waals surface area contributed by atoms with Crippen LogP contribution in [0.25, 0.3) is 0 Å². The predicted octanol–water partition coefficient (Wildman–Crippen LogP) is 1.70. The Morgan fingerprint density at radius 1 is 1.56 bits per heavy atom. The first-order valence-electron chi connectivity index (χ1n) is 5.17. The topological polar surface area (TPSA) is 80.9 Å². The van der Waals surface area contributed by atoms with Gasteiger partial charge in [0.2, 0.25) is 5.91 Å². The molecule has 0 saturated heterocycles. The van der Waals surface area contributed by atoms with Gasteiger partial charge in [0.25, 0.3) is 0 Å². The maximum Gasteiger partial charge on any atom is 0.242 e. The Balaban J connectivity index is 2.47. The third-order valence-electron chi connectivity index (χ3n) is 2.08. The van der Waals surface area contributed by atoms with Crippen molar-refractivity contribution < 1.29 is 4.79 Å². The Labute approximate surface area is 103 Å². The molecule has 0 spiro atoms. The summed E-state index contributed by atoms with van der Waals surface area (Å²) in [6.45, 7) is 2.06. The molecule has 0 radical (unpaired) electrons. The van der Waals surface area contributed by atoms with Crippen LogP contribution in [0.3, 0.4) is 0 Å². The zero-order valence-corrected chi connectivity index (χ0v) is 10.7. The Morgan fingerprint density at radius 2 is 2.31 bits per heavy atom. The average Bonchev–Trinajstić information content (AvgIpc) is 2.29. The number of rotatable bonds is 5. The van der Waals surface area contributed by atoms with Crippen molar-refractivity contribution in [2.24, 2.45) is 5.73 Å². The lowest BCUT2D eigenvalue weighted by atomic mass is 10.1. The molecule has 1 heterocycles. The van der Waals surface area contributed by atoms with E-state index >= 15 is 0 Å². The third kappa shape index (κ3) is 4.24. The van der Waals surface area contributed by atoms with Crippen LogP contribution < -0.4 is 11.1 Å². The quantitative estimate of drug-likeness (QED) is 0.863. The second-order valence-electron chi connectivity index (χ2n) is 3.46. The third-order valence-corrected chi connectivity index (χ3v) is 2.49. The zero-order valence-electron chi connectivity index (χ0n) is 9.11. The van der Waals surface area contributed by atoms with Gasteiger partial charge in [-0.15, -0.1) is 0 Å². The molecule has 1 aromatic rings. The van der Waals surface area contributed by atoms with Gasteiger partial charge >= 0.3 is 0 Å². The van der Waals surface area contributed by atoms with E-state index in [2.05, 4.69) is 38.1 Å². The van der Waals surface area contributed by atoms with E-state index in [4.69, 9.17) is 5.73 Å². The first kappa shape index (κ1) is 13.1. The minimum Gasteiger partial charge on any atom is -0.320 e. The van der Waals surface area contributed by atoms with Crippen molar-refractivity contribution in [3.05, 3.63) is 17.0 Å². The fourth-order valence-electron chi connectivity index (χ4n) is 1.15. The van der Waals surface area contributed by atoms with E-state index < -0.39 is 6.04 Å². The van der Waals surface area contributed by atoms with Crippen LogP contribution in [0, 0.1) is 0 Å². The molecule has 1 rings (SSSR count).